The zero-order valence-electron chi connectivity index (χ0n) is 8.07. The highest BCUT2D eigenvalue weighted by Crippen LogP contribution is 2.05. The van der Waals surface area contributed by atoms with Gasteiger partial charge in [-0.3, -0.25) is 0 Å². The maximum Gasteiger partial charge on any atom is 0.0948 e. The predicted molar refractivity (Wildman–Crippen MR) is 49.5 cm³/mol. The van der Waals surface area contributed by atoms with E-state index in [4.69, 9.17) is 4.74 Å². The molecule has 0 spiro atoms. The molecule has 4 nitrogen and oxygen atoms in total. The summed E-state index contributed by atoms with van der Waals surface area (Å²) in [6.07, 6.45) is 1.05. The van der Waals surface area contributed by atoms with Gasteiger partial charge in [0.05, 0.1) is 31.5 Å². The monoisotopic (exact) mass is 189 g/mol. The Labute approximate surface area is 78.9 Å². The summed E-state index contributed by atoms with van der Waals surface area (Å²) in [5.41, 5.74) is 0. The van der Waals surface area contributed by atoms with Crippen molar-refractivity contribution < 1.29 is 14.9 Å². The van der Waals surface area contributed by atoms with Crippen LogP contribution in [-0.4, -0.2) is 48.2 Å². The van der Waals surface area contributed by atoms with Crippen molar-refractivity contribution in [3.8, 4) is 0 Å². The fourth-order valence-corrected chi connectivity index (χ4v) is 1.46. The zero-order chi connectivity index (χ0) is 9.68. The molecule has 0 amide bonds. The fourth-order valence-electron chi connectivity index (χ4n) is 1.46. The van der Waals surface area contributed by atoms with E-state index in [0.29, 0.717) is 19.8 Å². The third kappa shape index (κ3) is 3.60. The molecule has 0 aromatic heterocycles. The molecule has 1 aliphatic rings. The van der Waals surface area contributed by atoms with Gasteiger partial charge in [0.1, 0.15) is 0 Å². The predicted octanol–water partition coefficient (Wildman–Crippen LogP) is -0.503. The Balaban J connectivity index is 2.10. The summed E-state index contributed by atoms with van der Waals surface area (Å²) in [5.74, 6) is 0. The Morgan fingerprint density at radius 2 is 2.31 bits per heavy atom. The van der Waals surface area contributed by atoms with Gasteiger partial charge < -0.3 is 20.3 Å². The Hall–Kier alpha value is -0.160. The SMILES string of the molecule is CCCC(O)CNC1COCC1O. The lowest BCUT2D eigenvalue weighted by Crippen LogP contribution is -2.42. The lowest BCUT2D eigenvalue weighted by atomic mass is 10.1. The first-order valence-electron chi connectivity index (χ1n) is 4.91. The van der Waals surface area contributed by atoms with E-state index in [0.717, 1.165) is 12.8 Å². The summed E-state index contributed by atoms with van der Waals surface area (Å²) in [6.45, 7) is 3.53. The van der Waals surface area contributed by atoms with Gasteiger partial charge in [-0.15, -0.1) is 0 Å². The van der Waals surface area contributed by atoms with Crippen molar-refractivity contribution >= 4 is 0 Å². The van der Waals surface area contributed by atoms with Crippen molar-refractivity contribution in [3.05, 3.63) is 0 Å². The molecule has 1 fully saturated rings. The maximum absolute atomic E-state index is 9.41. The lowest BCUT2D eigenvalue weighted by molar-refractivity contribution is 0.116. The van der Waals surface area contributed by atoms with E-state index in [1.807, 2.05) is 6.92 Å². The first kappa shape index (κ1) is 10.9. The van der Waals surface area contributed by atoms with Crippen LogP contribution in [0.25, 0.3) is 0 Å². The molecule has 0 aliphatic carbocycles. The highest BCUT2D eigenvalue weighted by atomic mass is 16.5. The molecule has 3 N–H and O–H groups in total. The van der Waals surface area contributed by atoms with E-state index in [9.17, 15) is 10.2 Å². The summed E-state index contributed by atoms with van der Waals surface area (Å²) >= 11 is 0. The number of rotatable bonds is 5. The van der Waals surface area contributed by atoms with Gasteiger partial charge in [0.25, 0.3) is 0 Å². The van der Waals surface area contributed by atoms with E-state index in [1.165, 1.54) is 0 Å². The molecule has 1 aliphatic heterocycles. The Kier molecular flexibility index (Phi) is 4.66. The van der Waals surface area contributed by atoms with Crippen LogP contribution in [0.2, 0.25) is 0 Å². The smallest absolute Gasteiger partial charge is 0.0948 e. The number of hydrogen-bond donors (Lipinski definition) is 3. The van der Waals surface area contributed by atoms with Crippen LogP contribution >= 0.6 is 0 Å². The van der Waals surface area contributed by atoms with Gasteiger partial charge in [0.2, 0.25) is 0 Å². The van der Waals surface area contributed by atoms with E-state index < -0.39 is 6.10 Å². The van der Waals surface area contributed by atoms with Crippen LogP contribution in [0.4, 0.5) is 0 Å². The molecule has 1 rings (SSSR count). The van der Waals surface area contributed by atoms with Gasteiger partial charge in [-0.1, -0.05) is 13.3 Å². The summed E-state index contributed by atoms with van der Waals surface area (Å²) in [4.78, 5) is 0. The number of aliphatic hydroxyl groups excluding tert-OH is 2. The molecule has 78 valence electrons. The van der Waals surface area contributed by atoms with Crippen LogP contribution in [0.1, 0.15) is 19.8 Å². The minimum Gasteiger partial charge on any atom is -0.392 e. The Bertz CT molecular complexity index is 143. The summed E-state index contributed by atoms with van der Waals surface area (Å²) in [5, 5.41) is 21.9. The second-order valence-corrected chi connectivity index (χ2v) is 3.56. The van der Waals surface area contributed by atoms with E-state index in [2.05, 4.69) is 5.32 Å². The molecular formula is C9H19NO3. The van der Waals surface area contributed by atoms with Gasteiger partial charge in [0.15, 0.2) is 0 Å². The zero-order valence-corrected chi connectivity index (χ0v) is 8.07. The molecule has 3 unspecified atom stereocenters. The van der Waals surface area contributed by atoms with Gasteiger partial charge in [-0.05, 0) is 6.42 Å². The molecule has 0 radical (unpaired) electrons. The minimum atomic E-state index is -0.422. The van der Waals surface area contributed by atoms with Crippen LogP contribution in [0.5, 0.6) is 0 Å². The maximum atomic E-state index is 9.41. The van der Waals surface area contributed by atoms with Crippen molar-refractivity contribution in [3.63, 3.8) is 0 Å². The van der Waals surface area contributed by atoms with Crippen LogP contribution in [0.3, 0.4) is 0 Å². The molecule has 4 heteroatoms. The number of aliphatic hydroxyl groups is 2. The number of hydrogen-bond acceptors (Lipinski definition) is 4. The highest BCUT2D eigenvalue weighted by molar-refractivity contribution is 4.81. The third-order valence-electron chi connectivity index (χ3n) is 2.29. The Morgan fingerprint density at radius 1 is 1.54 bits per heavy atom. The van der Waals surface area contributed by atoms with Gasteiger partial charge in [-0.2, -0.15) is 0 Å². The van der Waals surface area contributed by atoms with Crippen LogP contribution in [-0.2, 0) is 4.74 Å². The van der Waals surface area contributed by atoms with Gasteiger partial charge in [0, 0.05) is 6.54 Å². The van der Waals surface area contributed by atoms with Crippen molar-refractivity contribution in [2.45, 2.75) is 38.0 Å². The van der Waals surface area contributed by atoms with Crippen LogP contribution in [0, 0.1) is 0 Å². The highest BCUT2D eigenvalue weighted by Gasteiger charge is 2.25. The molecule has 13 heavy (non-hydrogen) atoms. The molecule has 0 bridgehead atoms. The van der Waals surface area contributed by atoms with Crippen LogP contribution in [0.15, 0.2) is 0 Å². The molecule has 0 aromatic rings. The first-order chi connectivity index (χ1) is 6.24. The average molecular weight is 189 g/mol. The largest absolute Gasteiger partial charge is 0.392 e. The van der Waals surface area contributed by atoms with Crippen molar-refractivity contribution in [1.82, 2.24) is 5.32 Å². The first-order valence-corrected chi connectivity index (χ1v) is 4.91. The standard InChI is InChI=1S/C9H19NO3/c1-2-3-7(11)4-10-8-5-13-6-9(8)12/h7-12H,2-6H2,1H3. The summed E-state index contributed by atoms with van der Waals surface area (Å²) in [6, 6.07) is -0.00786. The second-order valence-electron chi connectivity index (χ2n) is 3.56. The van der Waals surface area contributed by atoms with Crippen molar-refractivity contribution in [1.29, 1.82) is 0 Å². The molecule has 3 atom stereocenters. The minimum absolute atomic E-state index is 0.00786. The van der Waals surface area contributed by atoms with Crippen LogP contribution < -0.4 is 5.32 Å². The number of nitrogens with one attached hydrogen (secondary N) is 1. The molecule has 0 saturated carbocycles. The van der Waals surface area contributed by atoms with E-state index in [-0.39, 0.29) is 12.1 Å². The second kappa shape index (κ2) is 5.54. The van der Waals surface area contributed by atoms with Crippen molar-refractivity contribution in [2.75, 3.05) is 19.8 Å². The fraction of sp³-hybridized carbons (Fsp3) is 1.00. The topological polar surface area (TPSA) is 61.7 Å². The van der Waals surface area contributed by atoms with E-state index >= 15 is 0 Å². The Morgan fingerprint density at radius 3 is 2.85 bits per heavy atom. The normalized spacial score (nSPS) is 30.7. The molecule has 1 heterocycles. The van der Waals surface area contributed by atoms with Gasteiger partial charge >= 0.3 is 0 Å². The summed E-state index contributed by atoms with van der Waals surface area (Å²) in [7, 11) is 0. The lowest BCUT2D eigenvalue weighted by Gasteiger charge is -2.17. The summed E-state index contributed by atoms with van der Waals surface area (Å²) < 4.78 is 5.07. The average Bonchev–Trinajstić information content (AvgIpc) is 2.48. The van der Waals surface area contributed by atoms with E-state index in [1.54, 1.807) is 0 Å². The van der Waals surface area contributed by atoms with Crippen molar-refractivity contribution in [2.24, 2.45) is 0 Å². The molecular weight excluding hydrogens is 170 g/mol. The quantitative estimate of drug-likeness (QED) is 0.545. The third-order valence-corrected chi connectivity index (χ3v) is 2.29. The van der Waals surface area contributed by atoms with Gasteiger partial charge in [-0.25, -0.2) is 0 Å². The number of ether oxygens (including phenoxy) is 1. The molecule has 1 saturated heterocycles. The molecule has 0 aromatic carbocycles.